The Morgan fingerprint density at radius 2 is 2.05 bits per heavy atom. The predicted octanol–water partition coefficient (Wildman–Crippen LogP) is 1.40. The number of hydrogen-bond acceptors (Lipinski definition) is 4. The SMILES string of the molecule is CCCCS(=O)(=O)NC(/C(N)=N/O)C1CCCCC1. The maximum Gasteiger partial charge on any atom is 0.212 e. The number of unbranched alkanes of at least 4 members (excludes halogenated alkanes) is 1. The highest BCUT2D eigenvalue weighted by Crippen LogP contribution is 2.27. The Morgan fingerprint density at radius 3 is 2.58 bits per heavy atom. The summed E-state index contributed by atoms with van der Waals surface area (Å²) in [6, 6.07) is -0.577. The summed E-state index contributed by atoms with van der Waals surface area (Å²) in [6.07, 6.45) is 6.56. The van der Waals surface area contributed by atoms with Crippen molar-refractivity contribution >= 4 is 15.9 Å². The molecule has 1 unspecified atom stereocenters. The van der Waals surface area contributed by atoms with Crippen LogP contribution in [-0.2, 0) is 10.0 Å². The van der Waals surface area contributed by atoms with Crippen LogP contribution in [0.3, 0.4) is 0 Å². The normalized spacial score (nSPS) is 20.4. The van der Waals surface area contributed by atoms with Gasteiger partial charge in [-0.2, -0.15) is 0 Å². The van der Waals surface area contributed by atoms with Crippen molar-refractivity contribution in [1.82, 2.24) is 4.72 Å². The van der Waals surface area contributed by atoms with Gasteiger partial charge in [0.25, 0.3) is 0 Å². The van der Waals surface area contributed by atoms with E-state index in [1.54, 1.807) is 0 Å². The van der Waals surface area contributed by atoms with E-state index in [1.165, 1.54) is 6.42 Å². The molecule has 0 spiro atoms. The highest BCUT2D eigenvalue weighted by molar-refractivity contribution is 7.89. The Balaban J connectivity index is 2.74. The maximum atomic E-state index is 12.0. The second-order valence-corrected chi connectivity index (χ2v) is 7.06. The van der Waals surface area contributed by atoms with Gasteiger partial charge in [0.2, 0.25) is 10.0 Å². The second-order valence-electron chi connectivity index (χ2n) is 5.19. The number of rotatable bonds is 7. The van der Waals surface area contributed by atoms with E-state index >= 15 is 0 Å². The monoisotopic (exact) mass is 291 g/mol. The first kappa shape index (κ1) is 16.2. The molecule has 4 N–H and O–H groups in total. The topological polar surface area (TPSA) is 105 Å². The average molecular weight is 291 g/mol. The van der Waals surface area contributed by atoms with Crippen molar-refractivity contribution in [3.05, 3.63) is 0 Å². The van der Waals surface area contributed by atoms with Crippen LogP contribution in [0.4, 0.5) is 0 Å². The van der Waals surface area contributed by atoms with E-state index in [0.717, 1.165) is 32.1 Å². The molecular weight excluding hydrogens is 266 g/mol. The van der Waals surface area contributed by atoms with Gasteiger partial charge in [-0.15, -0.1) is 0 Å². The highest BCUT2D eigenvalue weighted by Gasteiger charge is 2.30. The Labute approximate surface area is 115 Å². The lowest BCUT2D eigenvalue weighted by molar-refractivity contribution is 0.297. The molecule has 0 amide bonds. The lowest BCUT2D eigenvalue weighted by Gasteiger charge is -2.29. The molecule has 0 aromatic rings. The van der Waals surface area contributed by atoms with E-state index in [2.05, 4.69) is 9.88 Å². The van der Waals surface area contributed by atoms with Crippen LogP contribution in [0.25, 0.3) is 0 Å². The second kappa shape index (κ2) is 7.69. The van der Waals surface area contributed by atoms with Gasteiger partial charge in [0.05, 0.1) is 11.8 Å². The molecule has 7 heteroatoms. The van der Waals surface area contributed by atoms with Crippen molar-refractivity contribution in [2.45, 2.75) is 57.9 Å². The summed E-state index contributed by atoms with van der Waals surface area (Å²) in [6.45, 7) is 1.94. The highest BCUT2D eigenvalue weighted by atomic mass is 32.2. The zero-order valence-corrected chi connectivity index (χ0v) is 12.3. The van der Waals surface area contributed by atoms with Crippen molar-refractivity contribution in [3.63, 3.8) is 0 Å². The van der Waals surface area contributed by atoms with Crippen LogP contribution in [-0.4, -0.2) is 31.3 Å². The fourth-order valence-electron chi connectivity index (χ4n) is 2.51. The first-order chi connectivity index (χ1) is 9.00. The lowest BCUT2D eigenvalue weighted by atomic mass is 9.84. The number of nitrogens with one attached hydrogen (secondary N) is 1. The Hall–Kier alpha value is -0.820. The fourth-order valence-corrected chi connectivity index (χ4v) is 4.00. The third-order valence-corrected chi connectivity index (χ3v) is 5.07. The van der Waals surface area contributed by atoms with Gasteiger partial charge in [-0.25, -0.2) is 13.1 Å². The van der Waals surface area contributed by atoms with Crippen LogP contribution in [0.15, 0.2) is 5.16 Å². The number of amidine groups is 1. The minimum absolute atomic E-state index is 0.0352. The zero-order chi connectivity index (χ0) is 14.3. The molecule has 1 aliphatic rings. The first-order valence-corrected chi connectivity index (χ1v) is 8.62. The van der Waals surface area contributed by atoms with Gasteiger partial charge in [-0.05, 0) is 25.2 Å². The van der Waals surface area contributed by atoms with E-state index in [0.29, 0.717) is 6.42 Å². The van der Waals surface area contributed by atoms with Crippen LogP contribution in [0, 0.1) is 5.92 Å². The van der Waals surface area contributed by atoms with Crippen LogP contribution >= 0.6 is 0 Å². The molecule has 1 fully saturated rings. The number of oxime groups is 1. The summed E-state index contributed by atoms with van der Waals surface area (Å²) in [5, 5.41) is 11.8. The number of nitrogens with zero attached hydrogens (tertiary/aromatic N) is 1. The number of hydrogen-bond donors (Lipinski definition) is 3. The van der Waals surface area contributed by atoms with Crippen LogP contribution in [0.1, 0.15) is 51.9 Å². The molecule has 1 saturated carbocycles. The van der Waals surface area contributed by atoms with Crippen molar-refractivity contribution in [2.24, 2.45) is 16.8 Å². The largest absolute Gasteiger partial charge is 0.409 e. The molecule has 0 aromatic heterocycles. The molecular formula is C12H25N3O3S. The molecule has 6 nitrogen and oxygen atoms in total. The van der Waals surface area contributed by atoms with Crippen LogP contribution in [0.2, 0.25) is 0 Å². The Kier molecular flexibility index (Phi) is 6.57. The van der Waals surface area contributed by atoms with Gasteiger partial charge < -0.3 is 10.9 Å². The molecule has 0 aliphatic heterocycles. The lowest BCUT2D eigenvalue weighted by Crippen LogP contribution is -2.50. The molecule has 1 atom stereocenters. The first-order valence-electron chi connectivity index (χ1n) is 6.97. The smallest absolute Gasteiger partial charge is 0.212 e. The maximum absolute atomic E-state index is 12.0. The Bertz CT molecular complexity index is 389. The summed E-state index contributed by atoms with van der Waals surface area (Å²) in [4.78, 5) is 0. The van der Waals surface area contributed by atoms with E-state index in [-0.39, 0.29) is 17.5 Å². The molecule has 0 bridgehead atoms. The van der Waals surface area contributed by atoms with Gasteiger partial charge in [0.15, 0.2) is 5.84 Å². The van der Waals surface area contributed by atoms with Crippen molar-refractivity contribution in [1.29, 1.82) is 0 Å². The van der Waals surface area contributed by atoms with Gasteiger partial charge in [0, 0.05) is 0 Å². The Morgan fingerprint density at radius 1 is 1.42 bits per heavy atom. The van der Waals surface area contributed by atoms with Crippen LogP contribution in [0.5, 0.6) is 0 Å². The molecule has 19 heavy (non-hydrogen) atoms. The number of nitrogens with two attached hydrogens (primary N) is 1. The van der Waals surface area contributed by atoms with Gasteiger partial charge in [-0.1, -0.05) is 37.8 Å². The summed E-state index contributed by atoms with van der Waals surface area (Å²) in [5.41, 5.74) is 5.66. The minimum atomic E-state index is -3.37. The van der Waals surface area contributed by atoms with Crippen LogP contribution < -0.4 is 10.5 Å². The summed E-state index contributed by atoms with van der Waals surface area (Å²) < 4.78 is 26.5. The fraction of sp³-hybridized carbons (Fsp3) is 0.917. The van der Waals surface area contributed by atoms with Gasteiger partial charge in [0.1, 0.15) is 0 Å². The van der Waals surface area contributed by atoms with Gasteiger partial charge >= 0.3 is 0 Å². The van der Waals surface area contributed by atoms with E-state index in [4.69, 9.17) is 10.9 Å². The molecule has 0 saturated heterocycles. The molecule has 0 aromatic carbocycles. The molecule has 1 aliphatic carbocycles. The third kappa shape index (κ3) is 5.36. The molecule has 112 valence electrons. The molecule has 0 radical (unpaired) electrons. The van der Waals surface area contributed by atoms with E-state index < -0.39 is 16.1 Å². The van der Waals surface area contributed by atoms with Gasteiger partial charge in [-0.3, -0.25) is 0 Å². The van der Waals surface area contributed by atoms with Crippen molar-refractivity contribution < 1.29 is 13.6 Å². The third-order valence-electron chi connectivity index (χ3n) is 3.63. The summed E-state index contributed by atoms with van der Waals surface area (Å²) in [7, 11) is -3.37. The zero-order valence-electron chi connectivity index (χ0n) is 11.5. The summed E-state index contributed by atoms with van der Waals surface area (Å²) >= 11 is 0. The summed E-state index contributed by atoms with van der Waals surface area (Å²) in [5.74, 6) is 0.179. The minimum Gasteiger partial charge on any atom is -0.409 e. The average Bonchev–Trinajstić information content (AvgIpc) is 2.43. The van der Waals surface area contributed by atoms with Crippen molar-refractivity contribution in [2.75, 3.05) is 5.75 Å². The predicted molar refractivity (Wildman–Crippen MR) is 75.6 cm³/mol. The van der Waals surface area contributed by atoms with E-state index in [1.807, 2.05) is 6.92 Å². The standard InChI is InChI=1S/C12H25N3O3S/c1-2-3-9-19(17,18)15-11(12(13)14-16)10-7-5-4-6-8-10/h10-11,15-16H,2-9H2,1H3,(H2,13,14). The molecule has 1 rings (SSSR count). The van der Waals surface area contributed by atoms with Crippen molar-refractivity contribution in [3.8, 4) is 0 Å². The van der Waals surface area contributed by atoms with E-state index in [9.17, 15) is 8.42 Å². The quantitative estimate of drug-likeness (QED) is 0.285. The molecule has 0 heterocycles. The number of sulfonamides is 1.